The van der Waals surface area contributed by atoms with Crippen LogP contribution in [-0.2, 0) is 6.54 Å². The molecule has 8 heteroatoms. The molecule has 2 aromatic carbocycles. The van der Waals surface area contributed by atoms with E-state index in [0.717, 1.165) is 0 Å². The molecule has 1 N–H and O–H groups in total. The van der Waals surface area contributed by atoms with E-state index in [1.54, 1.807) is 42.7 Å². The number of rotatable bonds is 6. The summed E-state index contributed by atoms with van der Waals surface area (Å²) < 4.78 is 33.2. The van der Waals surface area contributed by atoms with Crippen molar-refractivity contribution in [1.29, 1.82) is 0 Å². The highest BCUT2D eigenvalue weighted by Gasteiger charge is 2.23. The van der Waals surface area contributed by atoms with Crippen LogP contribution in [0.3, 0.4) is 0 Å². The van der Waals surface area contributed by atoms with E-state index in [0.29, 0.717) is 37.2 Å². The minimum atomic E-state index is -0.526. The number of amides is 1. The SMILES string of the molecule is O=C(NC1CCN(Cc2c(F)cccc2F)CC1)c1ccc(Oc2ncccn2)cc1. The maximum absolute atomic E-state index is 13.9. The summed E-state index contributed by atoms with van der Waals surface area (Å²) in [6, 6.07) is 12.6. The average Bonchev–Trinajstić information content (AvgIpc) is 2.79. The second-order valence-electron chi connectivity index (χ2n) is 7.38. The first-order valence-electron chi connectivity index (χ1n) is 10.1. The predicted octanol–water partition coefficient (Wildman–Crippen LogP) is 3.94. The fourth-order valence-electron chi connectivity index (χ4n) is 3.53. The van der Waals surface area contributed by atoms with Gasteiger partial charge in [-0.05, 0) is 55.3 Å². The molecule has 0 unspecified atom stereocenters. The molecular formula is C23H22F2N4O2. The van der Waals surface area contributed by atoms with E-state index >= 15 is 0 Å². The largest absolute Gasteiger partial charge is 0.424 e. The highest BCUT2D eigenvalue weighted by Crippen LogP contribution is 2.20. The number of carbonyl (C=O) groups excluding carboxylic acids is 1. The number of ether oxygens (including phenoxy) is 1. The molecule has 0 bridgehead atoms. The third-order valence-electron chi connectivity index (χ3n) is 5.23. The van der Waals surface area contributed by atoms with Crippen LogP contribution in [0.5, 0.6) is 11.8 Å². The molecule has 4 rings (SSSR count). The molecule has 31 heavy (non-hydrogen) atoms. The van der Waals surface area contributed by atoms with E-state index in [9.17, 15) is 13.6 Å². The van der Waals surface area contributed by atoms with Gasteiger partial charge in [0.05, 0.1) is 0 Å². The Hall–Kier alpha value is -3.39. The molecule has 6 nitrogen and oxygen atoms in total. The van der Waals surface area contributed by atoms with Crippen LogP contribution in [0.2, 0.25) is 0 Å². The van der Waals surface area contributed by atoms with Crippen LogP contribution in [-0.4, -0.2) is 39.9 Å². The molecule has 1 saturated heterocycles. The summed E-state index contributed by atoms with van der Waals surface area (Å²) in [4.78, 5) is 22.5. The summed E-state index contributed by atoms with van der Waals surface area (Å²) >= 11 is 0. The van der Waals surface area contributed by atoms with Crippen molar-refractivity contribution in [3.05, 3.63) is 83.7 Å². The normalized spacial score (nSPS) is 14.9. The van der Waals surface area contributed by atoms with Gasteiger partial charge in [0.2, 0.25) is 0 Å². The first kappa shape index (κ1) is 20.9. The van der Waals surface area contributed by atoms with Gasteiger partial charge in [-0.25, -0.2) is 18.7 Å². The predicted molar refractivity (Wildman–Crippen MR) is 111 cm³/mol. The van der Waals surface area contributed by atoms with Crippen LogP contribution in [0.15, 0.2) is 60.9 Å². The van der Waals surface area contributed by atoms with Gasteiger partial charge in [0.25, 0.3) is 5.91 Å². The Morgan fingerprint density at radius 1 is 1.00 bits per heavy atom. The average molecular weight is 424 g/mol. The number of carbonyl (C=O) groups is 1. The topological polar surface area (TPSA) is 67.4 Å². The van der Waals surface area contributed by atoms with Crippen molar-refractivity contribution in [2.24, 2.45) is 0 Å². The molecule has 0 atom stereocenters. The lowest BCUT2D eigenvalue weighted by molar-refractivity contribution is 0.0908. The zero-order chi connectivity index (χ0) is 21.6. The molecule has 1 aromatic heterocycles. The lowest BCUT2D eigenvalue weighted by atomic mass is 10.0. The molecule has 0 aliphatic carbocycles. The number of benzene rings is 2. The van der Waals surface area contributed by atoms with Crippen LogP contribution in [0.25, 0.3) is 0 Å². The lowest BCUT2D eigenvalue weighted by Gasteiger charge is -2.32. The van der Waals surface area contributed by atoms with E-state index in [2.05, 4.69) is 15.3 Å². The quantitative estimate of drug-likeness (QED) is 0.649. The number of piperidine rings is 1. The molecule has 1 amide bonds. The van der Waals surface area contributed by atoms with Crippen LogP contribution < -0.4 is 10.1 Å². The Morgan fingerprint density at radius 2 is 1.65 bits per heavy atom. The minimum Gasteiger partial charge on any atom is -0.424 e. The Bertz CT molecular complexity index is 1000. The minimum absolute atomic E-state index is 0.0165. The highest BCUT2D eigenvalue weighted by atomic mass is 19.1. The maximum atomic E-state index is 13.9. The van der Waals surface area contributed by atoms with Gasteiger partial charge in [0.15, 0.2) is 0 Å². The molecule has 0 radical (unpaired) electrons. The van der Waals surface area contributed by atoms with Crippen molar-refractivity contribution >= 4 is 5.91 Å². The Balaban J connectivity index is 1.27. The molecule has 160 valence electrons. The molecule has 1 aliphatic heterocycles. The number of aromatic nitrogens is 2. The number of nitrogens with zero attached hydrogens (tertiary/aromatic N) is 3. The van der Waals surface area contributed by atoms with E-state index < -0.39 is 11.6 Å². The fourth-order valence-corrected chi connectivity index (χ4v) is 3.53. The van der Waals surface area contributed by atoms with Crippen LogP contribution in [0.1, 0.15) is 28.8 Å². The number of halogens is 2. The van der Waals surface area contributed by atoms with Crippen molar-refractivity contribution in [2.45, 2.75) is 25.4 Å². The Morgan fingerprint density at radius 3 is 2.29 bits per heavy atom. The molecule has 3 aromatic rings. The van der Waals surface area contributed by atoms with Gasteiger partial charge >= 0.3 is 6.01 Å². The van der Waals surface area contributed by atoms with Gasteiger partial charge in [-0.1, -0.05) is 6.07 Å². The smallest absolute Gasteiger partial charge is 0.321 e. The standard InChI is InChI=1S/C23H22F2N4O2/c24-20-3-1-4-21(25)19(20)15-29-13-9-17(10-14-29)28-22(30)16-5-7-18(8-6-16)31-23-26-11-2-12-27-23/h1-8,11-12,17H,9-10,13-15H2,(H,28,30). The van der Waals surface area contributed by atoms with Gasteiger partial charge in [-0.3, -0.25) is 9.69 Å². The van der Waals surface area contributed by atoms with Crippen molar-refractivity contribution < 1.29 is 18.3 Å². The molecular weight excluding hydrogens is 402 g/mol. The van der Waals surface area contributed by atoms with Crippen molar-refractivity contribution in [3.8, 4) is 11.8 Å². The Kier molecular flexibility index (Phi) is 6.47. The van der Waals surface area contributed by atoms with E-state index in [4.69, 9.17) is 4.74 Å². The maximum Gasteiger partial charge on any atom is 0.321 e. The third-order valence-corrected chi connectivity index (χ3v) is 5.23. The second kappa shape index (κ2) is 9.61. The van der Waals surface area contributed by atoms with Crippen molar-refractivity contribution in [1.82, 2.24) is 20.2 Å². The van der Waals surface area contributed by atoms with E-state index in [-0.39, 0.29) is 30.1 Å². The summed E-state index contributed by atoms with van der Waals surface area (Å²) in [5.41, 5.74) is 0.616. The number of nitrogens with one attached hydrogen (secondary N) is 1. The van der Waals surface area contributed by atoms with Gasteiger partial charge in [-0.2, -0.15) is 0 Å². The van der Waals surface area contributed by atoms with Crippen molar-refractivity contribution in [2.75, 3.05) is 13.1 Å². The van der Waals surface area contributed by atoms with E-state index in [1.807, 2.05) is 4.90 Å². The second-order valence-corrected chi connectivity index (χ2v) is 7.38. The number of hydrogen-bond donors (Lipinski definition) is 1. The zero-order valence-electron chi connectivity index (χ0n) is 16.8. The Labute approximate surface area is 178 Å². The fraction of sp³-hybridized carbons (Fsp3) is 0.261. The molecule has 1 aliphatic rings. The number of likely N-dealkylation sites (tertiary alicyclic amines) is 1. The molecule has 2 heterocycles. The summed E-state index contributed by atoms with van der Waals surface area (Å²) in [6.07, 6.45) is 4.60. The lowest BCUT2D eigenvalue weighted by Crippen LogP contribution is -2.44. The summed E-state index contributed by atoms with van der Waals surface area (Å²) in [5, 5.41) is 3.03. The molecule has 1 fully saturated rings. The van der Waals surface area contributed by atoms with Crippen LogP contribution >= 0.6 is 0 Å². The summed E-state index contributed by atoms with van der Waals surface area (Å²) in [7, 11) is 0. The van der Waals surface area contributed by atoms with Crippen LogP contribution in [0, 0.1) is 11.6 Å². The van der Waals surface area contributed by atoms with E-state index in [1.165, 1.54) is 18.2 Å². The highest BCUT2D eigenvalue weighted by molar-refractivity contribution is 5.94. The monoisotopic (exact) mass is 424 g/mol. The van der Waals surface area contributed by atoms with Gasteiger partial charge in [0, 0.05) is 49.2 Å². The van der Waals surface area contributed by atoms with Crippen molar-refractivity contribution in [3.63, 3.8) is 0 Å². The summed E-state index contributed by atoms with van der Waals surface area (Å²) in [5.74, 6) is -0.680. The van der Waals surface area contributed by atoms with Gasteiger partial charge in [0.1, 0.15) is 17.4 Å². The summed E-state index contributed by atoms with van der Waals surface area (Å²) in [6.45, 7) is 1.54. The van der Waals surface area contributed by atoms with Crippen LogP contribution in [0.4, 0.5) is 8.78 Å². The first-order valence-corrected chi connectivity index (χ1v) is 10.1. The van der Waals surface area contributed by atoms with Gasteiger partial charge < -0.3 is 10.1 Å². The molecule has 0 saturated carbocycles. The first-order chi connectivity index (χ1) is 15.1. The third kappa shape index (κ3) is 5.40. The van der Waals surface area contributed by atoms with Gasteiger partial charge in [-0.15, -0.1) is 0 Å². The molecule has 0 spiro atoms. The zero-order valence-corrected chi connectivity index (χ0v) is 16.8. The number of hydrogen-bond acceptors (Lipinski definition) is 5.